The fraction of sp³-hybridized carbons (Fsp3) is 0.519. The third-order valence-corrected chi connectivity index (χ3v) is 6.23. The van der Waals surface area contributed by atoms with Gasteiger partial charge in [-0.25, -0.2) is 0 Å². The van der Waals surface area contributed by atoms with Gasteiger partial charge in [0.15, 0.2) is 11.5 Å². The van der Waals surface area contributed by atoms with Crippen molar-refractivity contribution in [2.75, 3.05) is 34.0 Å². The molecule has 0 bridgehead atoms. The van der Waals surface area contributed by atoms with E-state index in [9.17, 15) is 9.90 Å². The van der Waals surface area contributed by atoms with E-state index in [0.29, 0.717) is 18.9 Å². The number of aliphatic hydroxyl groups is 1. The molecule has 0 radical (unpaired) electrons. The first-order valence-electron chi connectivity index (χ1n) is 12.2. The van der Waals surface area contributed by atoms with Gasteiger partial charge in [0.25, 0.3) is 0 Å². The highest BCUT2D eigenvalue weighted by molar-refractivity contribution is 5.76. The van der Waals surface area contributed by atoms with Crippen LogP contribution in [0.25, 0.3) is 0 Å². The number of nitrogens with two attached hydrogens (primary N) is 1. The zero-order valence-corrected chi connectivity index (χ0v) is 20.7. The standard InChI is InChI=1S/C27H38N2O6/c1-32-25-12-9-20(15-26(25)33-2)13-14-34-24-6-4-3-5-23(24)29-17-21(30)18-35-22-10-7-19(8-11-22)16-27(28)31/h7-12,15,21,23-24,29-30H,3-6,13-14,16-18H2,1-2H3,(H2,28,31)/t21-,23+,24-/m1/s1. The predicted octanol–water partition coefficient (Wildman–Crippen LogP) is 2.63. The molecule has 2 aromatic rings. The van der Waals surface area contributed by atoms with E-state index in [-0.39, 0.29) is 31.1 Å². The highest BCUT2D eigenvalue weighted by Gasteiger charge is 2.26. The number of methoxy groups -OCH3 is 2. The summed E-state index contributed by atoms with van der Waals surface area (Å²) >= 11 is 0. The summed E-state index contributed by atoms with van der Waals surface area (Å²) in [5.41, 5.74) is 7.18. The molecule has 8 nitrogen and oxygen atoms in total. The number of rotatable bonds is 14. The smallest absolute Gasteiger partial charge is 0.221 e. The van der Waals surface area contributed by atoms with E-state index in [0.717, 1.165) is 54.7 Å². The van der Waals surface area contributed by atoms with Gasteiger partial charge in [-0.15, -0.1) is 0 Å². The Morgan fingerprint density at radius 2 is 1.77 bits per heavy atom. The second kappa shape index (κ2) is 13.9. The molecule has 35 heavy (non-hydrogen) atoms. The summed E-state index contributed by atoms with van der Waals surface area (Å²) in [5, 5.41) is 13.9. The van der Waals surface area contributed by atoms with Gasteiger partial charge < -0.3 is 35.1 Å². The number of hydrogen-bond donors (Lipinski definition) is 3. The molecule has 8 heteroatoms. The highest BCUT2D eigenvalue weighted by Crippen LogP contribution is 2.28. The lowest BCUT2D eigenvalue weighted by Gasteiger charge is -2.33. The SMILES string of the molecule is COc1ccc(CCO[C@@H]2CCCC[C@@H]2NC[C@@H](O)COc2ccc(CC(N)=O)cc2)cc1OC. The Kier molecular flexibility index (Phi) is 10.7. The molecule has 1 aliphatic carbocycles. The minimum atomic E-state index is -0.644. The lowest BCUT2D eigenvalue weighted by Crippen LogP contribution is -2.47. The summed E-state index contributed by atoms with van der Waals surface area (Å²) in [6.45, 7) is 1.23. The van der Waals surface area contributed by atoms with Crippen LogP contribution in [0.3, 0.4) is 0 Å². The molecule has 3 rings (SSSR count). The second-order valence-corrected chi connectivity index (χ2v) is 8.90. The van der Waals surface area contributed by atoms with Gasteiger partial charge in [0.1, 0.15) is 18.5 Å². The Bertz CT molecular complexity index is 920. The van der Waals surface area contributed by atoms with Crippen LogP contribution in [0.15, 0.2) is 42.5 Å². The maximum atomic E-state index is 11.0. The van der Waals surface area contributed by atoms with Crippen LogP contribution in [-0.2, 0) is 22.4 Å². The van der Waals surface area contributed by atoms with E-state index in [2.05, 4.69) is 5.32 Å². The Hall–Kier alpha value is -2.81. The van der Waals surface area contributed by atoms with Crippen LogP contribution >= 0.6 is 0 Å². The number of carbonyl (C=O) groups excluding carboxylic acids is 1. The van der Waals surface area contributed by atoms with Gasteiger partial charge in [-0.1, -0.05) is 31.0 Å². The molecule has 1 aliphatic rings. The van der Waals surface area contributed by atoms with Crippen molar-refractivity contribution in [2.45, 2.75) is 56.8 Å². The number of nitrogens with one attached hydrogen (secondary N) is 1. The molecule has 0 aliphatic heterocycles. The second-order valence-electron chi connectivity index (χ2n) is 8.90. The van der Waals surface area contributed by atoms with Crippen LogP contribution in [0.4, 0.5) is 0 Å². The number of aliphatic hydroxyl groups excluding tert-OH is 1. The quantitative estimate of drug-likeness (QED) is 0.376. The van der Waals surface area contributed by atoms with E-state index in [4.69, 9.17) is 24.7 Å². The topological polar surface area (TPSA) is 112 Å². The molecule has 2 aromatic carbocycles. The summed E-state index contributed by atoms with van der Waals surface area (Å²) < 4.78 is 22.6. The number of amides is 1. The van der Waals surface area contributed by atoms with Crippen LogP contribution in [0.2, 0.25) is 0 Å². The van der Waals surface area contributed by atoms with Crippen molar-refractivity contribution >= 4 is 5.91 Å². The van der Waals surface area contributed by atoms with E-state index < -0.39 is 6.10 Å². The number of benzene rings is 2. The van der Waals surface area contributed by atoms with Gasteiger partial charge >= 0.3 is 0 Å². The van der Waals surface area contributed by atoms with Crippen LogP contribution in [0, 0.1) is 0 Å². The van der Waals surface area contributed by atoms with E-state index in [1.165, 1.54) is 0 Å². The van der Waals surface area contributed by atoms with Crippen molar-refractivity contribution in [1.82, 2.24) is 5.32 Å². The molecule has 0 unspecified atom stereocenters. The Balaban J connectivity index is 1.40. The summed E-state index contributed by atoms with van der Waals surface area (Å²) in [6.07, 6.45) is 4.80. The van der Waals surface area contributed by atoms with Crippen molar-refractivity contribution in [1.29, 1.82) is 0 Å². The molecule has 192 valence electrons. The number of carbonyl (C=O) groups is 1. The minimum Gasteiger partial charge on any atom is -0.493 e. The highest BCUT2D eigenvalue weighted by atomic mass is 16.5. The normalized spacial score (nSPS) is 18.6. The number of hydrogen-bond acceptors (Lipinski definition) is 7. The van der Waals surface area contributed by atoms with Gasteiger partial charge in [0.2, 0.25) is 5.91 Å². The third-order valence-electron chi connectivity index (χ3n) is 6.23. The number of ether oxygens (including phenoxy) is 4. The van der Waals surface area contributed by atoms with Crippen LogP contribution in [0.5, 0.6) is 17.2 Å². The van der Waals surface area contributed by atoms with Gasteiger partial charge in [-0.3, -0.25) is 4.79 Å². The molecular formula is C27H38N2O6. The summed E-state index contributed by atoms with van der Waals surface area (Å²) in [4.78, 5) is 11.0. The maximum absolute atomic E-state index is 11.0. The van der Waals surface area contributed by atoms with Gasteiger partial charge in [-0.2, -0.15) is 0 Å². The van der Waals surface area contributed by atoms with Crippen molar-refractivity contribution in [3.8, 4) is 17.2 Å². The first-order valence-corrected chi connectivity index (χ1v) is 12.2. The van der Waals surface area contributed by atoms with Crippen LogP contribution in [-0.4, -0.2) is 63.2 Å². The van der Waals surface area contributed by atoms with Crippen LogP contribution in [0.1, 0.15) is 36.8 Å². The van der Waals surface area contributed by atoms with Crippen molar-refractivity contribution < 1.29 is 28.8 Å². The summed E-state index contributed by atoms with van der Waals surface area (Å²) in [5.74, 6) is 1.72. The van der Waals surface area contributed by atoms with Crippen molar-refractivity contribution in [3.05, 3.63) is 53.6 Å². The Morgan fingerprint density at radius 3 is 2.49 bits per heavy atom. The minimum absolute atomic E-state index is 0.120. The molecule has 0 spiro atoms. The fourth-order valence-corrected chi connectivity index (χ4v) is 4.34. The molecular weight excluding hydrogens is 448 g/mol. The molecule has 0 saturated heterocycles. The summed E-state index contributed by atoms with van der Waals surface area (Å²) in [6, 6.07) is 13.3. The molecule has 0 aromatic heterocycles. The van der Waals surface area contributed by atoms with Crippen LogP contribution < -0.4 is 25.3 Å². The maximum Gasteiger partial charge on any atom is 0.221 e. The average Bonchev–Trinajstić information content (AvgIpc) is 2.87. The van der Waals surface area contributed by atoms with Gasteiger partial charge in [0.05, 0.1) is 33.4 Å². The lowest BCUT2D eigenvalue weighted by atomic mass is 9.92. The van der Waals surface area contributed by atoms with Crippen molar-refractivity contribution in [2.24, 2.45) is 5.73 Å². The largest absolute Gasteiger partial charge is 0.493 e. The number of primary amides is 1. The molecule has 0 heterocycles. The Morgan fingerprint density at radius 1 is 1.06 bits per heavy atom. The lowest BCUT2D eigenvalue weighted by molar-refractivity contribution is -0.117. The zero-order valence-electron chi connectivity index (χ0n) is 20.7. The monoisotopic (exact) mass is 486 g/mol. The molecule has 1 amide bonds. The first-order chi connectivity index (χ1) is 17.0. The third kappa shape index (κ3) is 8.72. The molecule has 3 atom stereocenters. The van der Waals surface area contributed by atoms with Crippen molar-refractivity contribution in [3.63, 3.8) is 0 Å². The molecule has 4 N–H and O–H groups in total. The average molecular weight is 487 g/mol. The molecule has 1 fully saturated rings. The van der Waals surface area contributed by atoms with E-state index in [1.807, 2.05) is 18.2 Å². The first kappa shape index (κ1) is 26.8. The van der Waals surface area contributed by atoms with Gasteiger partial charge in [-0.05, 0) is 54.7 Å². The zero-order chi connectivity index (χ0) is 25.0. The van der Waals surface area contributed by atoms with E-state index in [1.54, 1.807) is 38.5 Å². The fourth-order valence-electron chi connectivity index (χ4n) is 4.34. The van der Waals surface area contributed by atoms with Gasteiger partial charge in [0, 0.05) is 12.6 Å². The molecule has 1 saturated carbocycles. The summed E-state index contributed by atoms with van der Waals surface area (Å²) in [7, 11) is 3.27. The van der Waals surface area contributed by atoms with E-state index >= 15 is 0 Å². The predicted molar refractivity (Wildman–Crippen MR) is 134 cm³/mol. The Labute approximate surface area is 207 Å².